The van der Waals surface area contributed by atoms with Crippen molar-refractivity contribution in [3.63, 3.8) is 0 Å². The van der Waals surface area contributed by atoms with E-state index >= 15 is 0 Å². The van der Waals surface area contributed by atoms with E-state index in [1.165, 1.54) is 27.5 Å². The van der Waals surface area contributed by atoms with Gasteiger partial charge in [0.15, 0.2) is 0 Å². The van der Waals surface area contributed by atoms with Crippen molar-refractivity contribution in [2.75, 3.05) is 0 Å². The number of allylic oxidation sites excluding steroid dienone is 1. The first kappa shape index (κ1) is 9.73. The lowest BCUT2D eigenvalue weighted by atomic mass is 9.84. The van der Waals surface area contributed by atoms with E-state index in [2.05, 4.69) is 43.8 Å². The molecule has 0 heterocycles. The Labute approximate surface area is 101 Å². The fraction of sp³-hybridized carbons (Fsp3) is 0.133. The van der Waals surface area contributed by atoms with Gasteiger partial charge in [0, 0.05) is 11.3 Å². The van der Waals surface area contributed by atoms with E-state index in [0.29, 0.717) is 0 Å². The van der Waals surface area contributed by atoms with Crippen molar-refractivity contribution < 1.29 is 0 Å². The van der Waals surface area contributed by atoms with Crippen LogP contribution in [0.15, 0.2) is 36.9 Å². The molecule has 16 heavy (non-hydrogen) atoms. The largest absolute Gasteiger partial charge is 0.0948 e. The number of hydrogen-bond acceptors (Lipinski definition) is 1. The highest BCUT2D eigenvalue weighted by Gasteiger charge is 2.19. The Morgan fingerprint density at radius 1 is 1.12 bits per heavy atom. The molecule has 0 spiro atoms. The third-order valence-electron chi connectivity index (χ3n) is 3.31. The summed E-state index contributed by atoms with van der Waals surface area (Å²) in [5, 5.41) is 2.60. The van der Waals surface area contributed by atoms with Crippen molar-refractivity contribution in [3.05, 3.63) is 53.6 Å². The van der Waals surface area contributed by atoms with E-state index in [9.17, 15) is 0 Å². The average molecular weight is 224 g/mol. The zero-order chi connectivity index (χ0) is 11.3. The maximum atomic E-state index is 5.45. The van der Waals surface area contributed by atoms with Gasteiger partial charge in [-0.1, -0.05) is 49.1 Å². The Balaban J connectivity index is 2.57. The highest BCUT2D eigenvalue weighted by Crippen LogP contribution is 2.36. The molecule has 0 aliphatic heterocycles. The van der Waals surface area contributed by atoms with Gasteiger partial charge in [0.1, 0.15) is 0 Å². The van der Waals surface area contributed by atoms with Gasteiger partial charge < -0.3 is 0 Å². The van der Waals surface area contributed by atoms with E-state index in [1.807, 2.05) is 0 Å². The van der Waals surface area contributed by atoms with E-state index in [4.69, 9.17) is 12.2 Å². The zero-order valence-corrected chi connectivity index (χ0v) is 10.0. The van der Waals surface area contributed by atoms with Gasteiger partial charge in [-0.05, 0) is 40.0 Å². The Hall–Kier alpha value is -1.47. The van der Waals surface area contributed by atoms with E-state index in [-0.39, 0.29) is 0 Å². The minimum atomic E-state index is 0.824. The summed E-state index contributed by atoms with van der Waals surface area (Å²) in [4.78, 5) is 1.02. The number of aryl methyl sites for hydroxylation is 1. The lowest BCUT2D eigenvalue weighted by Crippen LogP contribution is -2.07. The summed E-state index contributed by atoms with van der Waals surface area (Å²) in [6.45, 7) is 6.27. The maximum Gasteiger partial charge on any atom is 0.0274 e. The van der Waals surface area contributed by atoms with Crippen LogP contribution in [0.2, 0.25) is 0 Å². The third-order valence-corrected chi connectivity index (χ3v) is 3.68. The molecule has 0 N–H and O–H groups in total. The summed E-state index contributed by atoms with van der Waals surface area (Å²) < 4.78 is 0. The molecule has 1 aliphatic rings. The normalized spacial score (nSPS) is 14.6. The van der Waals surface area contributed by atoms with E-state index < -0.39 is 0 Å². The first-order valence-electron chi connectivity index (χ1n) is 5.42. The van der Waals surface area contributed by atoms with Crippen LogP contribution in [-0.2, 0) is 0 Å². The van der Waals surface area contributed by atoms with E-state index in [0.717, 1.165) is 16.9 Å². The van der Waals surface area contributed by atoms with Crippen LogP contribution in [0, 0.1) is 6.92 Å². The van der Waals surface area contributed by atoms with Gasteiger partial charge in [0.2, 0.25) is 0 Å². The summed E-state index contributed by atoms with van der Waals surface area (Å²) in [6, 6.07) is 10.7. The quantitative estimate of drug-likeness (QED) is 0.602. The molecule has 0 unspecified atom stereocenters. The van der Waals surface area contributed by atoms with Gasteiger partial charge in [-0.2, -0.15) is 0 Å². The maximum absolute atomic E-state index is 5.45. The van der Waals surface area contributed by atoms with Crippen LogP contribution in [0.4, 0.5) is 0 Å². The van der Waals surface area contributed by atoms with Crippen LogP contribution in [0.3, 0.4) is 0 Å². The van der Waals surface area contributed by atoms with Crippen molar-refractivity contribution in [1.29, 1.82) is 0 Å². The van der Waals surface area contributed by atoms with E-state index in [1.54, 1.807) is 0 Å². The summed E-state index contributed by atoms with van der Waals surface area (Å²) in [5.41, 5.74) is 4.94. The molecule has 78 valence electrons. The number of hydrogen-bond donors (Lipinski definition) is 0. The van der Waals surface area contributed by atoms with Crippen molar-refractivity contribution in [3.8, 4) is 0 Å². The minimum Gasteiger partial charge on any atom is -0.0948 e. The van der Waals surface area contributed by atoms with Crippen molar-refractivity contribution in [1.82, 2.24) is 0 Å². The van der Waals surface area contributed by atoms with Crippen molar-refractivity contribution in [2.24, 2.45) is 0 Å². The van der Waals surface area contributed by atoms with Crippen molar-refractivity contribution >= 4 is 33.4 Å². The first-order chi connectivity index (χ1) is 7.68. The molecule has 1 aliphatic carbocycles. The summed E-state index contributed by atoms with van der Waals surface area (Å²) in [6.07, 6.45) is 0.824. The molecule has 1 heteroatoms. The highest BCUT2D eigenvalue weighted by molar-refractivity contribution is 7.81. The predicted molar refractivity (Wildman–Crippen MR) is 74.0 cm³/mol. The third kappa shape index (κ3) is 1.18. The molecule has 0 aromatic heterocycles. The molecule has 0 bridgehead atoms. The molecule has 0 fully saturated rings. The Morgan fingerprint density at radius 3 is 2.75 bits per heavy atom. The number of benzene rings is 2. The molecule has 0 saturated heterocycles. The number of thiocarbonyl (C=S) groups is 1. The highest BCUT2D eigenvalue weighted by atomic mass is 32.1. The van der Waals surface area contributed by atoms with Gasteiger partial charge in [-0.3, -0.25) is 0 Å². The lowest BCUT2D eigenvalue weighted by molar-refractivity contribution is 1.44. The van der Waals surface area contributed by atoms with Gasteiger partial charge in [0.05, 0.1) is 0 Å². The summed E-state index contributed by atoms with van der Waals surface area (Å²) in [5.74, 6) is 0. The van der Waals surface area contributed by atoms with Gasteiger partial charge in [0.25, 0.3) is 0 Å². The van der Waals surface area contributed by atoms with Crippen LogP contribution < -0.4 is 0 Å². The van der Waals surface area contributed by atoms with Gasteiger partial charge in [-0.25, -0.2) is 0 Å². The van der Waals surface area contributed by atoms with Gasteiger partial charge in [-0.15, -0.1) is 0 Å². The molecule has 0 radical (unpaired) electrons. The van der Waals surface area contributed by atoms with Gasteiger partial charge >= 0.3 is 0 Å². The standard InChI is InChI=1S/C15H12S/c1-9-6-7-12-10(2)8-14(16)13-5-3-4-11(9)15(12)13/h3-7H,2,8H2,1H3. The molecule has 2 aromatic carbocycles. The molecule has 0 nitrogen and oxygen atoms in total. The fourth-order valence-electron chi connectivity index (χ4n) is 2.46. The summed E-state index contributed by atoms with van der Waals surface area (Å²) >= 11 is 5.45. The second kappa shape index (κ2) is 3.26. The molecule has 0 amide bonds. The Kier molecular flexibility index (Phi) is 1.98. The number of rotatable bonds is 0. The molecule has 0 atom stereocenters. The SMILES string of the molecule is C=C1CC(=S)c2cccc3c(C)ccc1c23. The monoisotopic (exact) mass is 224 g/mol. The van der Waals surface area contributed by atoms with Crippen LogP contribution in [0.25, 0.3) is 16.3 Å². The Bertz CT molecular complexity index is 615. The summed E-state index contributed by atoms with van der Waals surface area (Å²) in [7, 11) is 0. The zero-order valence-electron chi connectivity index (χ0n) is 9.21. The average Bonchev–Trinajstić information content (AvgIpc) is 2.27. The Morgan fingerprint density at radius 2 is 1.94 bits per heavy atom. The lowest BCUT2D eigenvalue weighted by Gasteiger charge is -2.21. The molecule has 0 saturated carbocycles. The molecule has 3 rings (SSSR count). The minimum absolute atomic E-state index is 0.824. The second-order valence-electron chi connectivity index (χ2n) is 4.36. The van der Waals surface area contributed by atoms with Crippen LogP contribution >= 0.6 is 12.2 Å². The smallest absolute Gasteiger partial charge is 0.0274 e. The first-order valence-corrected chi connectivity index (χ1v) is 5.83. The second-order valence-corrected chi connectivity index (χ2v) is 4.85. The molecular weight excluding hydrogens is 212 g/mol. The predicted octanol–water partition coefficient (Wildman–Crippen LogP) is 4.28. The van der Waals surface area contributed by atoms with Crippen LogP contribution in [-0.4, -0.2) is 4.86 Å². The van der Waals surface area contributed by atoms with Crippen molar-refractivity contribution in [2.45, 2.75) is 13.3 Å². The molecular formula is C15H12S. The topological polar surface area (TPSA) is 0 Å². The van der Waals surface area contributed by atoms with Crippen LogP contribution in [0.5, 0.6) is 0 Å². The van der Waals surface area contributed by atoms with Crippen LogP contribution in [0.1, 0.15) is 23.1 Å². The molecule has 2 aromatic rings. The fourth-order valence-corrected chi connectivity index (χ4v) is 2.81.